The second-order valence-corrected chi connectivity index (χ2v) is 14.9. The lowest BCUT2D eigenvalue weighted by Crippen LogP contribution is -2.45. The van der Waals surface area contributed by atoms with E-state index in [0.717, 1.165) is 68.1 Å². The fraction of sp³-hybridized carbons (Fsp3) is 0.366. The third-order valence-electron chi connectivity index (χ3n) is 8.94. The van der Waals surface area contributed by atoms with Crippen LogP contribution in [0.4, 0.5) is 0 Å². The van der Waals surface area contributed by atoms with Crippen molar-refractivity contribution in [3.05, 3.63) is 114 Å². The molecule has 10 heteroatoms. The molecular weight excluding hydrogens is 669 g/mol. The molecule has 0 unspecified atom stereocenters. The molecule has 1 fully saturated rings. The number of carbonyl (C=O) groups is 2. The molecule has 0 aromatic heterocycles. The molecule has 51 heavy (non-hydrogen) atoms. The molecule has 0 spiro atoms. The van der Waals surface area contributed by atoms with Crippen molar-refractivity contribution in [1.82, 2.24) is 0 Å². The van der Waals surface area contributed by atoms with Gasteiger partial charge >= 0.3 is 11.9 Å². The van der Waals surface area contributed by atoms with Gasteiger partial charge in [0.1, 0.15) is 17.2 Å². The number of sulfone groups is 1. The zero-order chi connectivity index (χ0) is 36.1. The van der Waals surface area contributed by atoms with Crippen molar-refractivity contribution in [3.8, 4) is 17.2 Å². The number of unbranched alkanes of at least 4 members (excludes halogenated alkanes) is 1. The first kappa shape index (κ1) is 37.7. The van der Waals surface area contributed by atoms with E-state index >= 15 is 0 Å². The zero-order valence-electron chi connectivity index (χ0n) is 29.3. The van der Waals surface area contributed by atoms with Gasteiger partial charge in [0, 0.05) is 24.9 Å². The Kier molecular flexibility index (Phi) is 13.4. The van der Waals surface area contributed by atoms with E-state index < -0.39 is 21.8 Å². The molecule has 4 aromatic carbocycles. The van der Waals surface area contributed by atoms with Gasteiger partial charge < -0.3 is 23.7 Å². The average molecular weight is 715 g/mol. The summed E-state index contributed by atoms with van der Waals surface area (Å²) in [7, 11) is -3.85. The number of benzene rings is 4. The molecule has 0 radical (unpaired) electrons. The lowest BCUT2D eigenvalue weighted by Gasteiger charge is -2.40. The van der Waals surface area contributed by atoms with Gasteiger partial charge in [-0.25, -0.2) is 8.42 Å². The van der Waals surface area contributed by atoms with Crippen LogP contribution in [0.25, 0.3) is 0 Å². The SMILES string of the molecule is CCC1(COCCCCOc2ccc(CCC(=O)Oc3ccc(S(=O)(=O)c4ccc(OC(=O)CCc5ccc(C)cc5)cc4)cc3)cc2)COC1. The molecule has 4 aromatic rings. The second-order valence-electron chi connectivity index (χ2n) is 13.0. The van der Waals surface area contributed by atoms with Gasteiger partial charge in [-0.1, -0.05) is 48.9 Å². The summed E-state index contributed by atoms with van der Waals surface area (Å²) in [5, 5.41) is 0. The molecule has 0 saturated carbocycles. The maximum Gasteiger partial charge on any atom is 0.311 e. The van der Waals surface area contributed by atoms with Crippen LogP contribution in [0.2, 0.25) is 0 Å². The van der Waals surface area contributed by atoms with Crippen LogP contribution in [0, 0.1) is 12.3 Å². The summed E-state index contributed by atoms with van der Waals surface area (Å²) in [6.07, 6.45) is 4.32. The van der Waals surface area contributed by atoms with Gasteiger partial charge in [-0.05, 0) is 111 Å². The molecule has 0 amide bonds. The smallest absolute Gasteiger partial charge is 0.311 e. The summed E-state index contributed by atoms with van der Waals surface area (Å²) < 4.78 is 54.2. The predicted octanol–water partition coefficient (Wildman–Crippen LogP) is 7.51. The van der Waals surface area contributed by atoms with Gasteiger partial charge in [-0.2, -0.15) is 0 Å². The molecule has 0 bridgehead atoms. The third kappa shape index (κ3) is 11.2. The van der Waals surface area contributed by atoms with Crippen LogP contribution in [-0.2, 0) is 41.7 Å². The Morgan fingerprint density at radius 1 is 0.667 bits per heavy atom. The lowest BCUT2D eigenvalue weighted by molar-refractivity contribution is -0.150. The third-order valence-corrected chi connectivity index (χ3v) is 10.7. The first-order valence-corrected chi connectivity index (χ1v) is 18.9. The number of carbonyl (C=O) groups excluding carboxylic acids is 2. The van der Waals surface area contributed by atoms with Crippen molar-refractivity contribution in [1.29, 1.82) is 0 Å². The minimum absolute atomic E-state index is 0.0464. The highest BCUT2D eigenvalue weighted by Crippen LogP contribution is 2.31. The van der Waals surface area contributed by atoms with Crippen LogP contribution < -0.4 is 14.2 Å². The quantitative estimate of drug-likeness (QED) is 0.0553. The van der Waals surface area contributed by atoms with Gasteiger partial charge in [-0.15, -0.1) is 0 Å². The maximum absolute atomic E-state index is 13.2. The minimum atomic E-state index is -3.85. The number of hydrogen-bond acceptors (Lipinski definition) is 9. The monoisotopic (exact) mass is 714 g/mol. The minimum Gasteiger partial charge on any atom is -0.494 e. The van der Waals surface area contributed by atoms with Crippen LogP contribution >= 0.6 is 0 Å². The summed E-state index contributed by atoms with van der Waals surface area (Å²) in [6.45, 7) is 7.85. The standard InChI is InChI=1S/C41H46O9S/c1-3-41(29-47-30-41)28-46-26-4-5-27-48-34-14-10-33(11-15-34)13-25-40(43)50-36-18-22-38(23-19-36)51(44,45)37-20-16-35(17-21-37)49-39(42)24-12-32-8-6-31(2)7-9-32/h6-11,14-23H,3-5,12-13,24-30H2,1-2H3. The normalized spacial score (nSPS) is 13.6. The van der Waals surface area contributed by atoms with Crippen molar-refractivity contribution in [2.45, 2.75) is 68.6 Å². The maximum atomic E-state index is 13.2. The van der Waals surface area contributed by atoms with E-state index in [-0.39, 0.29) is 39.5 Å². The van der Waals surface area contributed by atoms with Crippen LogP contribution in [0.1, 0.15) is 55.7 Å². The van der Waals surface area contributed by atoms with Crippen LogP contribution in [0.15, 0.2) is 107 Å². The topological polar surface area (TPSA) is 114 Å². The van der Waals surface area contributed by atoms with Crippen LogP contribution in [-0.4, -0.2) is 53.4 Å². The second kappa shape index (κ2) is 18.1. The Morgan fingerprint density at radius 3 is 1.61 bits per heavy atom. The predicted molar refractivity (Wildman–Crippen MR) is 193 cm³/mol. The van der Waals surface area contributed by atoms with Gasteiger partial charge in [0.2, 0.25) is 9.84 Å². The van der Waals surface area contributed by atoms with E-state index in [1.54, 1.807) is 0 Å². The van der Waals surface area contributed by atoms with Gasteiger partial charge in [-0.3, -0.25) is 9.59 Å². The molecule has 0 atom stereocenters. The van der Waals surface area contributed by atoms with E-state index in [1.165, 1.54) is 48.5 Å². The summed E-state index contributed by atoms with van der Waals surface area (Å²) in [4.78, 5) is 24.9. The first-order valence-electron chi connectivity index (χ1n) is 17.4. The van der Waals surface area contributed by atoms with E-state index in [1.807, 2.05) is 55.5 Å². The van der Waals surface area contributed by atoms with E-state index in [4.69, 9.17) is 23.7 Å². The summed E-state index contributed by atoms with van der Waals surface area (Å²) in [5.74, 6) is 0.470. The summed E-state index contributed by atoms with van der Waals surface area (Å²) >= 11 is 0. The molecule has 9 nitrogen and oxygen atoms in total. The molecule has 270 valence electrons. The average Bonchev–Trinajstić information content (AvgIpc) is 3.12. The van der Waals surface area contributed by atoms with Crippen molar-refractivity contribution < 1.29 is 41.7 Å². The van der Waals surface area contributed by atoms with E-state index in [0.29, 0.717) is 19.4 Å². The Balaban J connectivity index is 0.994. The summed E-state index contributed by atoms with van der Waals surface area (Å²) in [5.41, 5.74) is 3.38. The molecule has 0 N–H and O–H groups in total. The molecular formula is C41H46O9S. The zero-order valence-corrected chi connectivity index (χ0v) is 30.1. The Labute approximate surface area is 300 Å². The molecule has 1 aliphatic heterocycles. The lowest BCUT2D eigenvalue weighted by atomic mass is 9.84. The van der Waals surface area contributed by atoms with Crippen molar-refractivity contribution >= 4 is 21.8 Å². The Bertz CT molecular complexity index is 1810. The number of esters is 2. The Morgan fingerprint density at radius 2 is 1.14 bits per heavy atom. The van der Waals surface area contributed by atoms with Gasteiger partial charge in [0.25, 0.3) is 0 Å². The van der Waals surface area contributed by atoms with Crippen molar-refractivity contribution in [3.63, 3.8) is 0 Å². The number of aryl methyl sites for hydroxylation is 3. The fourth-order valence-electron chi connectivity index (χ4n) is 5.44. The summed E-state index contributed by atoms with van der Waals surface area (Å²) in [6, 6.07) is 27.0. The highest BCUT2D eigenvalue weighted by molar-refractivity contribution is 7.91. The van der Waals surface area contributed by atoms with E-state index in [9.17, 15) is 18.0 Å². The first-order chi connectivity index (χ1) is 24.6. The molecule has 1 heterocycles. The van der Waals surface area contributed by atoms with Gasteiger partial charge in [0.05, 0.1) is 36.2 Å². The highest BCUT2D eigenvalue weighted by Gasteiger charge is 2.36. The molecule has 1 saturated heterocycles. The highest BCUT2D eigenvalue weighted by atomic mass is 32.2. The van der Waals surface area contributed by atoms with Crippen LogP contribution in [0.3, 0.4) is 0 Å². The number of hydrogen-bond donors (Lipinski definition) is 0. The van der Waals surface area contributed by atoms with E-state index in [2.05, 4.69) is 6.92 Å². The number of rotatable bonds is 19. The van der Waals surface area contributed by atoms with Crippen molar-refractivity contribution in [2.24, 2.45) is 5.41 Å². The molecule has 0 aliphatic carbocycles. The molecule has 1 aliphatic rings. The fourth-order valence-corrected chi connectivity index (χ4v) is 6.70. The molecule has 5 rings (SSSR count). The van der Waals surface area contributed by atoms with Crippen molar-refractivity contribution in [2.75, 3.05) is 33.0 Å². The van der Waals surface area contributed by atoms with Gasteiger partial charge in [0.15, 0.2) is 0 Å². The Hall–Kier alpha value is -4.51. The van der Waals surface area contributed by atoms with Crippen LogP contribution in [0.5, 0.6) is 17.2 Å². The largest absolute Gasteiger partial charge is 0.494 e. The number of ether oxygens (including phenoxy) is 5.